The summed E-state index contributed by atoms with van der Waals surface area (Å²) >= 11 is 3.40. The molecule has 1 N–H and O–H groups in total. The van der Waals surface area contributed by atoms with E-state index < -0.39 is 0 Å². The quantitative estimate of drug-likeness (QED) is 0.820. The number of Topliss-reactive ketones (excluding diaryl/α,β-unsaturated/α-hetero) is 1. The summed E-state index contributed by atoms with van der Waals surface area (Å²) in [5, 5.41) is 8.63. The first-order valence-corrected chi connectivity index (χ1v) is 9.21. The summed E-state index contributed by atoms with van der Waals surface area (Å²) in [6.07, 6.45) is 0.667. The fraction of sp³-hybridized carbons (Fsp3) is 0.579. The van der Waals surface area contributed by atoms with Crippen molar-refractivity contribution in [2.45, 2.75) is 27.2 Å². The maximum atomic E-state index is 9.81. The van der Waals surface area contributed by atoms with Gasteiger partial charge in [0.25, 0.3) is 0 Å². The van der Waals surface area contributed by atoms with E-state index in [-0.39, 0.29) is 5.78 Å². The van der Waals surface area contributed by atoms with E-state index in [0.717, 1.165) is 32.7 Å². The van der Waals surface area contributed by atoms with Gasteiger partial charge in [0.2, 0.25) is 0 Å². The average molecular weight is 417 g/mol. The molecule has 1 aromatic carbocycles. The monoisotopic (exact) mass is 416 g/mol. The number of β-amino-alcohol motifs (C(OH)–C–C–N with tert-alkyl or cyclic N) is 1. The molecule has 0 saturated carbocycles. The van der Waals surface area contributed by atoms with Gasteiger partial charge in [0.1, 0.15) is 12.6 Å². The molecule has 0 radical (unpaired) electrons. The summed E-state index contributed by atoms with van der Waals surface area (Å²) in [4.78, 5) is 22.4. The minimum absolute atomic E-state index is 0.255. The van der Waals surface area contributed by atoms with Crippen molar-refractivity contribution >= 4 is 28.5 Å². The molecule has 0 bridgehead atoms. The number of aliphatic hydroxyl groups excluding tert-OH is 1. The van der Waals surface area contributed by atoms with Crippen LogP contribution >= 0.6 is 15.9 Å². The minimum Gasteiger partial charge on any atom is -0.395 e. The van der Waals surface area contributed by atoms with Gasteiger partial charge in [0.05, 0.1) is 6.61 Å². The van der Waals surface area contributed by atoms with E-state index in [9.17, 15) is 4.79 Å². The lowest BCUT2D eigenvalue weighted by Gasteiger charge is -2.31. The Morgan fingerprint density at radius 1 is 1.20 bits per heavy atom. The van der Waals surface area contributed by atoms with E-state index in [1.807, 2.05) is 31.9 Å². The van der Waals surface area contributed by atoms with Crippen LogP contribution in [0.3, 0.4) is 0 Å². The van der Waals surface area contributed by atoms with Crippen LogP contribution in [0.1, 0.15) is 25.8 Å². The second-order valence-electron chi connectivity index (χ2n) is 5.67. The van der Waals surface area contributed by atoms with E-state index in [0.29, 0.717) is 13.0 Å². The lowest BCUT2D eigenvalue weighted by molar-refractivity contribution is -0.116. The van der Waals surface area contributed by atoms with Crippen LogP contribution in [0.4, 0.5) is 0 Å². The number of piperazine rings is 1. The molecular formula is C19H33BrN2O3. The number of aliphatic hydroxyl groups is 1. The summed E-state index contributed by atoms with van der Waals surface area (Å²) < 4.78 is 1.18. The molecule has 6 heteroatoms. The number of nitrogens with zero attached hydrogens (tertiary/aromatic N) is 2. The maximum Gasteiger partial charge on any atom is 0.129 e. The summed E-state index contributed by atoms with van der Waals surface area (Å²) in [6.45, 7) is 13.1. The minimum atomic E-state index is 0.255. The molecule has 0 unspecified atom stereocenters. The van der Waals surface area contributed by atoms with Gasteiger partial charge in [0.15, 0.2) is 0 Å². The summed E-state index contributed by atoms with van der Waals surface area (Å²) in [5.74, 6) is 0.255. The zero-order valence-corrected chi connectivity index (χ0v) is 17.6. The highest BCUT2D eigenvalue weighted by Gasteiger charge is 2.11. The highest BCUT2D eigenvalue weighted by molar-refractivity contribution is 9.10. The van der Waals surface area contributed by atoms with Crippen molar-refractivity contribution in [1.29, 1.82) is 0 Å². The number of aryl methyl sites for hydroxylation is 1. The van der Waals surface area contributed by atoms with Crippen LogP contribution in [-0.2, 0) is 9.59 Å². The lowest BCUT2D eigenvalue weighted by atomic mass is 10.2. The Balaban J connectivity index is 0. The van der Waals surface area contributed by atoms with Crippen molar-refractivity contribution in [3.8, 4) is 0 Å². The smallest absolute Gasteiger partial charge is 0.129 e. The second kappa shape index (κ2) is 17.7. The molecule has 0 aliphatic carbocycles. The molecule has 1 aromatic rings. The number of benzene rings is 1. The normalized spacial score (nSPS) is 14.0. The van der Waals surface area contributed by atoms with Crippen LogP contribution in [0.5, 0.6) is 0 Å². The van der Waals surface area contributed by atoms with Crippen LogP contribution in [0.2, 0.25) is 0 Å². The molecule has 1 aliphatic rings. The first-order valence-electron chi connectivity index (χ1n) is 8.41. The number of carbonyl (C=O) groups excluding carboxylic acids is 2. The molecule has 5 nitrogen and oxygen atoms in total. The Kier molecular flexibility index (Phi) is 18.6. The van der Waals surface area contributed by atoms with Crippen molar-refractivity contribution in [1.82, 2.24) is 9.80 Å². The molecule has 0 spiro atoms. The van der Waals surface area contributed by atoms with Crippen molar-refractivity contribution in [2.75, 3.05) is 46.4 Å². The van der Waals surface area contributed by atoms with Gasteiger partial charge in [-0.05, 0) is 32.5 Å². The van der Waals surface area contributed by atoms with Crippen molar-refractivity contribution in [3.05, 3.63) is 34.3 Å². The fourth-order valence-corrected chi connectivity index (χ4v) is 2.05. The Morgan fingerprint density at radius 3 is 2.00 bits per heavy atom. The molecule has 1 aliphatic heterocycles. The zero-order valence-electron chi connectivity index (χ0n) is 16.0. The summed E-state index contributed by atoms with van der Waals surface area (Å²) in [5.41, 5.74) is 1.28. The lowest BCUT2D eigenvalue weighted by Crippen LogP contribution is -2.45. The third kappa shape index (κ3) is 16.2. The summed E-state index contributed by atoms with van der Waals surface area (Å²) in [6, 6.07) is 8.15. The Labute approximate surface area is 161 Å². The number of carbonyl (C=O) groups is 2. The van der Waals surface area contributed by atoms with Gasteiger partial charge in [-0.15, -0.1) is 0 Å². The number of hydrogen-bond acceptors (Lipinski definition) is 5. The van der Waals surface area contributed by atoms with Crippen LogP contribution < -0.4 is 0 Å². The van der Waals surface area contributed by atoms with E-state index in [2.05, 4.69) is 45.8 Å². The van der Waals surface area contributed by atoms with Gasteiger partial charge in [0, 0.05) is 43.6 Å². The van der Waals surface area contributed by atoms with E-state index >= 15 is 0 Å². The SMILES string of the molecule is C=O.CCC(C)=O.CN1CCN(CCO)CC1.Cc1ccccc1Br. The molecular weight excluding hydrogens is 384 g/mol. The Bertz CT molecular complexity index is 429. The number of ketones is 1. The molecule has 1 fully saturated rings. The van der Waals surface area contributed by atoms with Gasteiger partial charge in [-0.3, -0.25) is 4.90 Å². The molecule has 144 valence electrons. The van der Waals surface area contributed by atoms with Crippen molar-refractivity contribution in [3.63, 3.8) is 0 Å². The summed E-state index contributed by atoms with van der Waals surface area (Å²) in [7, 11) is 2.14. The number of likely N-dealkylation sites (N-methyl/N-ethyl adjacent to an activating group) is 1. The third-order valence-electron chi connectivity index (χ3n) is 3.59. The average Bonchev–Trinajstić information content (AvgIpc) is 2.62. The second-order valence-corrected chi connectivity index (χ2v) is 6.53. The molecule has 1 saturated heterocycles. The number of rotatable bonds is 3. The number of hydrogen-bond donors (Lipinski definition) is 1. The molecule has 2 rings (SSSR count). The zero-order chi connectivity index (χ0) is 19.7. The van der Waals surface area contributed by atoms with Gasteiger partial charge in [-0.2, -0.15) is 0 Å². The molecule has 0 aromatic heterocycles. The van der Waals surface area contributed by atoms with Crippen LogP contribution in [0, 0.1) is 6.92 Å². The largest absolute Gasteiger partial charge is 0.395 e. The molecule has 0 amide bonds. The van der Waals surface area contributed by atoms with Crippen LogP contribution in [-0.4, -0.2) is 73.9 Å². The predicted octanol–water partition coefficient (Wildman–Crippen LogP) is 2.78. The number of halogens is 1. The Hall–Kier alpha value is -1.08. The standard InChI is InChI=1S/C7H7Br.C7H16N2O.C4H8O.CH2O/c1-6-4-2-3-5-7(6)8;1-8-2-4-9(5-3-8)6-7-10;1-3-4(2)5;1-2/h2-5H,1H3;10H,2-7H2,1H3;3H2,1-2H3;1H2. The van der Waals surface area contributed by atoms with Gasteiger partial charge < -0.3 is 19.6 Å². The Morgan fingerprint density at radius 2 is 1.68 bits per heavy atom. The highest BCUT2D eigenvalue weighted by atomic mass is 79.9. The molecule has 1 heterocycles. The third-order valence-corrected chi connectivity index (χ3v) is 4.48. The molecule has 0 atom stereocenters. The van der Waals surface area contributed by atoms with Crippen molar-refractivity contribution < 1.29 is 14.7 Å². The van der Waals surface area contributed by atoms with Gasteiger partial charge >= 0.3 is 0 Å². The predicted molar refractivity (Wildman–Crippen MR) is 108 cm³/mol. The van der Waals surface area contributed by atoms with E-state index in [1.54, 1.807) is 6.92 Å². The van der Waals surface area contributed by atoms with E-state index in [1.165, 1.54) is 10.0 Å². The first-order chi connectivity index (χ1) is 11.9. The first kappa shape index (κ1) is 26.2. The van der Waals surface area contributed by atoms with Gasteiger partial charge in [-0.25, -0.2) is 0 Å². The highest BCUT2D eigenvalue weighted by Crippen LogP contribution is 2.13. The molecule has 25 heavy (non-hydrogen) atoms. The van der Waals surface area contributed by atoms with Crippen LogP contribution in [0.15, 0.2) is 28.7 Å². The fourth-order valence-electron chi connectivity index (χ4n) is 1.76. The maximum absolute atomic E-state index is 9.81. The topological polar surface area (TPSA) is 60.9 Å². The van der Waals surface area contributed by atoms with Crippen LogP contribution in [0.25, 0.3) is 0 Å². The van der Waals surface area contributed by atoms with Crippen molar-refractivity contribution in [2.24, 2.45) is 0 Å². The van der Waals surface area contributed by atoms with Gasteiger partial charge in [-0.1, -0.05) is 41.1 Å². The van der Waals surface area contributed by atoms with E-state index in [4.69, 9.17) is 9.90 Å².